The van der Waals surface area contributed by atoms with Gasteiger partial charge in [0.2, 0.25) is 5.91 Å². The number of anilines is 1. The molecule has 0 spiro atoms. The molecule has 0 radical (unpaired) electrons. The van der Waals surface area contributed by atoms with Gasteiger partial charge in [0.15, 0.2) is 5.13 Å². The van der Waals surface area contributed by atoms with Crippen LogP contribution in [0, 0.1) is 13.8 Å². The van der Waals surface area contributed by atoms with Crippen LogP contribution in [0.15, 0.2) is 42.5 Å². The van der Waals surface area contributed by atoms with E-state index >= 15 is 0 Å². The summed E-state index contributed by atoms with van der Waals surface area (Å²) in [5.41, 5.74) is 4.75. The van der Waals surface area contributed by atoms with E-state index in [1.807, 2.05) is 35.2 Å². The van der Waals surface area contributed by atoms with Crippen LogP contribution in [-0.4, -0.2) is 42.0 Å². The van der Waals surface area contributed by atoms with Gasteiger partial charge in [0, 0.05) is 26.2 Å². The SMILES string of the molecule is Cc1ccc2sc(N3CCN(C(=O)Cc4ccccc4)CC3)nc2c1C. The topological polar surface area (TPSA) is 36.4 Å². The molecule has 0 unspecified atom stereocenters. The molecule has 0 bridgehead atoms. The van der Waals surface area contributed by atoms with Crippen molar-refractivity contribution in [1.82, 2.24) is 9.88 Å². The maximum Gasteiger partial charge on any atom is 0.227 e. The summed E-state index contributed by atoms with van der Waals surface area (Å²) in [5, 5.41) is 1.07. The van der Waals surface area contributed by atoms with E-state index in [4.69, 9.17) is 4.98 Å². The van der Waals surface area contributed by atoms with Gasteiger partial charge in [0.1, 0.15) is 0 Å². The summed E-state index contributed by atoms with van der Waals surface area (Å²) in [7, 11) is 0. The zero-order valence-corrected chi connectivity index (χ0v) is 16.1. The van der Waals surface area contributed by atoms with Crippen LogP contribution >= 0.6 is 11.3 Å². The number of benzene rings is 2. The molecule has 4 rings (SSSR count). The van der Waals surface area contributed by atoms with Crippen LogP contribution in [-0.2, 0) is 11.2 Å². The summed E-state index contributed by atoms with van der Waals surface area (Å²) < 4.78 is 1.24. The number of fused-ring (bicyclic) bond motifs is 1. The van der Waals surface area contributed by atoms with Gasteiger partial charge in [-0.2, -0.15) is 0 Å². The van der Waals surface area contributed by atoms with Gasteiger partial charge in [-0.3, -0.25) is 4.79 Å². The average Bonchev–Trinajstić information content (AvgIpc) is 3.11. The van der Waals surface area contributed by atoms with Crippen LogP contribution in [0.2, 0.25) is 0 Å². The third kappa shape index (κ3) is 3.31. The smallest absolute Gasteiger partial charge is 0.227 e. The van der Waals surface area contributed by atoms with E-state index in [-0.39, 0.29) is 5.91 Å². The standard InChI is InChI=1S/C21H23N3OS/c1-15-8-9-18-20(16(15)2)22-21(26-18)24-12-10-23(11-13-24)19(25)14-17-6-4-3-5-7-17/h3-9H,10-14H2,1-2H3. The number of aromatic nitrogens is 1. The minimum absolute atomic E-state index is 0.214. The van der Waals surface area contributed by atoms with E-state index in [2.05, 4.69) is 30.9 Å². The molecule has 0 aliphatic carbocycles. The van der Waals surface area contributed by atoms with E-state index < -0.39 is 0 Å². The Morgan fingerprint density at radius 1 is 1.04 bits per heavy atom. The first-order valence-corrected chi connectivity index (χ1v) is 9.87. The monoisotopic (exact) mass is 365 g/mol. The van der Waals surface area contributed by atoms with Crippen molar-refractivity contribution in [2.75, 3.05) is 31.1 Å². The summed E-state index contributed by atoms with van der Waals surface area (Å²) in [4.78, 5) is 21.7. The largest absolute Gasteiger partial charge is 0.345 e. The molecule has 0 atom stereocenters. The Hall–Kier alpha value is -2.40. The summed E-state index contributed by atoms with van der Waals surface area (Å²) in [6.07, 6.45) is 0.487. The molecule has 3 aromatic rings. The Bertz CT molecular complexity index is 927. The van der Waals surface area contributed by atoms with Crippen molar-refractivity contribution in [3.8, 4) is 0 Å². The van der Waals surface area contributed by atoms with Crippen LogP contribution in [0.4, 0.5) is 5.13 Å². The minimum Gasteiger partial charge on any atom is -0.345 e. The second-order valence-electron chi connectivity index (χ2n) is 6.88. The van der Waals surface area contributed by atoms with Gasteiger partial charge >= 0.3 is 0 Å². The number of carbonyl (C=O) groups excluding carboxylic acids is 1. The zero-order valence-electron chi connectivity index (χ0n) is 15.2. The number of carbonyl (C=O) groups is 1. The predicted molar refractivity (Wildman–Crippen MR) is 108 cm³/mol. The first-order chi connectivity index (χ1) is 12.6. The molecule has 1 aliphatic heterocycles. The first-order valence-electron chi connectivity index (χ1n) is 9.05. The van der Waals surface area contributed by atoms with Crippen molar-refractivity contribution in [3.05, 3.63) is 59.2 Å². The number of hydrogen-bond donors (Lipinski definition) is 0. The number of hydrogen-bond acceptors (Lipinski definition) is 4. The number of aryl methyl sites for hydroxylation is 2. The molecule has 1 aromatic heterocycles. The lowest BCUT2D eigenvalue weighted by molar-refractivity contribution is -0.130. The minimum atomic E-state index is 0.214. The maximum atomic E-state index is 12.5. The molecule has 1 amide bonds. The molecule has 1 saturated heterocycles. The summed E-state index contributed by atoms with van der Waals surface area (Å²) in [5.74, 6) is 0.214. The Kier molecular flexibility index (Phi) is 4.64. The van der Waals surface area contributed by atoms with Crippen LogP contribution in [0.5, 0.6) is 0 Å². The highest BCUT2D eigenvalue weighted by atomic mass is 32.1. The van der Waals surface area contributed by atoms with Crippen LogP contribution in [0.25, 0.3) is 10.2 Å². The van der Waals surface area contributed by atoms with Crippen LogP contribution < -0.4 is 4.90 Å². The fourth-order valence-corrected chi connectivity index (χ4v) is 4.46. The maximum absolute atomic E-state index is 12.5. The average molecular weight is 366 g/mol. The fraction of sp³-hybridized carbons (Fsp3) is 0.333. The van der Waals surface area contributed by atoms with Crippen molar-refractivity contribution < 1.29 is 4.79 Å². The first kappa shape index (κ1) is 17.0. The molecule has 26 heavy (non-hydrogen) atoms. The molecule has 0 N–H and O–H groups in total. The van der Waals surface area contributed by atoms with E-state index in [1.165, 1.54) is 15.8 Å². The molecule has 4 nitrogen and oxygen atoms in total. The fourth-order valence-electron chi connectivity index (χ4n) is 3.38. The second-order valence-corrected chi connectivity index (χ2v) is 7.89. The van der Waals surface area contributed by atoms with Gasteiger partial charge in [0.25, 0.3) is 0 Å². The molecule has 1 fully saturated rings. The zero-order chi connectivity index (χ0) is 18.1. The second kappa shape index (κ2) is 7.08. The quantitative estimate of drug-likeness (QED) is 0.708. The molecule has 1 aliphatic rings. The molecule has 0 saturated carbocycles. The summed E-state index contributed by atoms with van der Waals surface area (Å²) in [6.45, 7) is 7.49. The Balaban J connectivity index is 1.42. The van der Waals surface area contributed by atoms with E-state index in [9.17, 15) is 4.79 Å². The Morgan fingerprint density at radius 3 is 2.50 bits per heavy atom. The highest BCUT2D eigenvalue weighted by molar-refractivity contribution is 7.22. The van der Waals surface area contributed by atoms with E-state index in [0.29, 0.717) is 6.42 Å². The number of thiazole rings is 1. The highest BCUT2D eigenvalue weighted by Crippen LogP contribution is 2.32. The predicted octanol–water partition coefficient (Wildman–Crippen LogP) is 3.80. The third-order valence-corrected chi connectivity index (χ3v) is 6.26. The van der Waals surface area contributed by atoms with Crippen molar-refractivity contribution in [2.45, 2.75) is 20.3 Å². The van der Waals surface area contributed by atoms with Crippen molar-refractivity contribution >= 4 is 32.6 Å². The number of nitrogens with zero attached hydrogens (tertiary/aromatic N) is 3. The third-order valence-electron chi connectivity index (χ3n) is 5.17. The number of rotatable bonds is 3. The summed E-state index contributed by atoms with van der Waals surface area (Å²) >= 11 is 1.75. The number of amides is 1. The van der Waals surface area contributed by atoms with Gasteiger partial charge in [-0.1, -0.05) is 47.7 Å². The Morgan fingerprint density at radius 2 is 1.77 bits per heavy atom. The van der Waals surface area contributed by atoms with Gasteiger partial charge in [0.05, 0.1) is 16.6 Å². The molecule has 2 aromatic carbocycles. The summed E-state index contributed by atoms with van der Waals surface area (Å²) in [6, 6.07) is 14.3. The van der Waals surface area contributed by atoms with E-state index in [0.717, 1.165) is 42.4 Å². The van der Waals surface area contributed by atoms with Crippen LogP contribution in [0.3, 0.4) is 0 Å². The molecular formula is C21H23N3OS. The van der Waals surface area contributed by atoms with Gasteiger partial charge in [-0.05, 0) is 36.6 Å². The molecule has 5 heteroatoms. The Labute approximate surface area is 158 Å². The lowest BCUT2D eigenvalue weighted by atomic mass is 10.1. The lowest BCUT2D eigenvalue weighted by Crippen LogP contribution is -2.49. The van der Waals surface area contributed by atoms with Crippen molar-refractivity contribution in [1.29, 1.82) is 0 Å². The normalized spacial score (nSPS) is 14.8. The molecular weight excluding hydrogens is 342 g/mol. The van der Waals surface area contributed by atoms with Gasteiger partial charge < -0.3 is 9.80 Å². The number of piperazine rings is 1. The van der Waals surface area contributed by atoms with Gasteiger partial charge in [-0.25, -0.2) is 4.98 Å². The molecule has 2 heterocycles. The van der Waals surface area contributed by atoms with Crippen molar-refractivity contribution in [2.24, 2.45) is 0 Å². The van der Waals surface area contributed by atoms with Crippen molar-refractivity contribution in [3.63, 3.8) is 0 Å². The lowest BCUT2D eigenvalue weighted by Gasteiger charge is -2.34. The molecule has 134 valence electrons. The van der Waals surface area contributed by atoms with Gasteiger partial charge in [-0.15, -0.1) is 0 Å². The van der Waals surface area contributed by atoms with E-state index in [1.54, 1.807) is 11.3 Å². The highest BCUT2D eigenvalue weighted by Gasteiger charge is 2.23. The van der Waals surface area contributed by atoms with Crippen LogP contribution in [0.1, 0.15) is 16.7 Å².